The first-order chi connectivity index (χ1) is 13.4. The quantitative estimate of drug-likeness (QED) is 0.543. The molecule has 0 radical (unpaired) electrons. The maximum atomic E-state index is 10.8. The van der Waals surface area contributed by atoms with E-state index in [9.17, 15) is 9.90 Å². The molecule has 0 amide bonds. The van der Waals surface area contributed by atoms with Gasteiger partial charge in [-0.15, -0.1) is 11.3 Å². The minimum atomic E-state index is -0.849. The standard InChI is InChI=1S/C21H23N3O3S/c1-4-17-12(2)22-21(18-10-15(11-28-18)13(3)25)24-20(17)23-16-7-5-14(6-8-16)9-19(26)27/h5-8,10-11,13,25H,4,9H2,1-3H3,(H,26,27)(H,22,23,24). The summed E-state index contributed by atoms with van der Waals surface area (Å²) in [7, 11) is 0. The van der Waals surface area contributed by atoms with Gasteiger partial charge in [0.2, 0.25) is 0 Å². The number of thiophene rings is 1. The average molecular weight is 398 g/mol. The van der Waals surface area contributed by atoms with Crippen LogP contribution in [0.15, 0.2) is 35.7 Å². The Hall–Kier alpha value is -2.77. The van der Waals surface area contributed by atoms with Crippen LogP contribution in [-0.4, -0.2) is 26.2 Å². The van der Waals surface area contributed by atoms with Gasteiger partial charge in [0, 0.05) is 16.9 Å². The lowest BCUT2D eigenvalue weighted by Crippen LogP contribution is -2.05. The highest BCUT2D eigenvalue weighted by Gasteiger charge is 2.15. The number of carbonyl (C=O) groups is 1. The van der Waals surface area contributed by atoms with Crippen LogP contribution in [0, 0.1) is 6.92 Å². The molecule has 1 atom stereocenters. The second-order valence-electron chi connectivity index (χ2n) is 6.63. The Balaban J connectivity index is 1.92. The van der Waals surface area contributed by atoms with Crippen molar-refractivity contribution in [2.75, 3.05) is 5.32 Å². The van der Waals surface area contributed by atoms with Gasteiger partial charge >= 0.3 is 5.97 Å². The van der Waals surface area contributed by atoms with Crippen LogP contribution in [0.2, 0.25) is 0 Å². The number of carboxylic acids is 1. The number of hydrogen-bond donors (Lipinski definition) is 3. The molecular formula is C21H23N3O3S. The molecule has 0 saturated heterocycles. The highest BCUT2D eigenvalue weighted by Crippen LogP contribution is 2.31. The fourth-order valence-electron chi connectivity index (χ4n) is 2.94. The highest BCUT2D eigenvalue weighted by atomic mass is 32.1. The first-order valence-corrected chi connectivity index (χ1v) is 9.97. The number of hydrogen-bond acceptors (Lipinski definition) is 6. The van der Waals surface area contributed by atoms with Crippen LogP contribution in [0.1, 0.15) is 42.3 Å². The molecule has 0 spiro atoms. The second-order valence-corrected chi connectivity index (χ2v) is 7.54. The molecule has 0 bridgehead atoms. The molecule has 3 aromatic rings. The summed E-state index contributed by atoms with van der Waals surface area (Å²) in [6.45, 7) is 5.76. The third kappa shape index (κ3) is 4.55. The van der Waals surface area contributed by atoms with Crippen LogP contribution < -0.4 is 5.32 Å². The van der Waals surface area contributed by atoms with Crippen molar-refractivity contribution in [3.05, 3.63) is 58.1 Å². The number of aryl methyl sites for hydroxylation is 1. The number of aliphatic hydroxyl groups is 1. The Morgan fingerprint density at radius 1 is 1.25 bits per heavy atom. The molecular weight excluding hydrogens is 374 g/mol. The van der Waals surface area contributed by atoms with Crippen molar-refractivity contribution < 1.29 is 15.0 Å². The summed E-state index contributed by atoms with van der Waals surface area (Å²) in [4.78, 5) is 21.1. The van der Waals surface area contributed by atoms with Gasteiger partial charge in [-0.25, -0.2) is 9.97 Å². The van der Waals surface area contributed by atoms with Gasteiger partial charge in [-0.2, -0.15) is 0 Å². The number of aliphatic carboxylic acids is 1. The van der Waals surface area contributed by atoms with Gasteiger partial charge in [0.1, 0.15) is 5.82 Å². The molecule has 2 heterocycles. The number of nitrogens with zero attached hydrogens (tertiary/aromatic N) is 2. The van der Waals surface area contributed by atoms with Crippen molar-refractivity contribution in [2.45, 2.75) is 39.7 Å². The first-order valence-electron chi connectivity index (χ1n) is 9.09. The summed E-state index contributed by atoms with van der Waals surface area (Å²) in [5, 5.41) is 23.9. The topological polar surface area (TPSA) is 95.3 Å². The molecule has 28 heavy (non-hydrogen) atoms. The van der Waals surface area contributed by atoms with Gasteiger partial charge in [-0.05, 0) is 55.0 Å². The predicted octanol–water partition coefficient (Wildman–Crippen LogP) is 4.50. The average Bonchev–Trinajstić information content (AvgIpc) is 3.13. The zero-order valence-corrected chi connectivity index (χ0v) is 16.9. The minimum Gasteiger partial charge on any atom is -0.481 e. The molecule has 146 valence electrons. The summed E-state index contributed by atoms with van der Waals surface area (Å²) in [6.07, 6.45) is 0.263. The number of benzene rings is 1. The van der Waals surface area contributed by atoms with Gasteiger partial charge < -0.3 is 15.5 Å². The first kappa shape index (κ1) is 20.0. The smallest absolute Gasteiger partial charge is 0.307 e. The zero-order chi connectivity index (χ0) is 20.3. The van der Waals surface area contributed by atoms with E-state index >= 15 is 0 Å². The van der Waals surface area contributed by atoms with E-state index < -0.39 is 12.1 Å². The second kappa shape index (κ2) is 8.50. The summed E-state index contributed by atoms with van der Waals surface area (Å²) in [5.74, 6) is 0.511. The third-order valence-corrected chi connectivity index (χ3v) is 5.41. The number of carboxylic acid groups (broad SMARTS) is 1. The van der Waals surface area contributed by atoms with Crippen molar-refractivity contribution in [1.82, 2.24) is 9.97 Å². The number of aliphatic hydroxyl groups excluding tert-OH is 1. The van der Waals surface area contributed by atoms with Crippen LogP contribution in [0.5, 0.6) is 0 Å². The van der Waals surface area contributed by atoms with E-state index in [1.165, 1.54) is 11.3 Å². The van der Waals surface area contributed by atoms with Gasteiger partial charge in [0.25, 0.3) is 0 Å². The van der Waals surface area contributed by atoms with E-state index in [0.29, 0.717) is 5.82 Å². The molecule has 0 saturated carbocycles. The van der Waals surface area contributed by atoms with Crippen molar-refractivity contribution in [2.24, 2.45) is 0 Å². The van der Waals surface area contributed by atoms with E-state index in [-0.39, 0.29) is 6.42 Å². The molecule has 0 aliphatic heterocycles. The fourth-order valence-corrected chi connectivity index (χ4v) is 3.87. The SMILES string of the molecule is CCc1c(C)nc(-c2cc(C(C)O)cs2)nc1Nc1ccc(CC(=O)O)cc1. The minimum absolute atomic E-state index is 0.00123. The third-order valence-electron chi connectivity index (χ3n) is 4.46. The summed E-state index contributed by atoms with van der Waals surface area (Å²) < 4.78 is 0. The molecule has 1 aromatic carbocycles. The Labute approximate surface area is 167 Å². The molecule has 0 aliphatic carbocycles. The summed E-state index contributed by atoms with van der Waals surface area (Å²) >= 11 is 1.51. The molecule has 2 aromatic heterocycles. The molecule has 6 nitrogen and oxygen atoms in total. The van der Waals surface area contributed by atoms with Crippen LogP contribution in [0.3, 0.4) is 0 Å². The molecule has 1 unspecified atom stereocenters. The number of aromatic nitrogens is 2. The van der Waals surface area contributed by atoms with Gasteiger partial charge in [0.15, 0.2) is 5.82 Å². The molecule has 3 rings (SSSR count). The Morgan fingerprint density at radius 3 is 2.54 bits per heavy atom. The fraction of sp³-hybridized carbons (Fsp3) is 0.286. The summed E-state index contributed by atoms with van der Waals surface area (Å²) in [5.41, 5.74) is 4.38. The number of nitrogens with one attached hydrogen (secondary N) is 1. The van der Waals surface area contributed by atoms with Crippen LogP contribution in [0.4, 0.5) is 11.5 Å². The van der Waals surface area contributed by atoms with Crippen molar-refractivity contribution in [3.63, 3.8) is 0 Å². The summed E-state index contributed by atoms with van der Waals surface area (Å²) in [6, 6.07) is 9.22. The van der Waals surface area contributed by atoms with E-state index in [2.05, 4.69) is 17.2 Å². The Bertz CT molecular complexity index is 981. The van der Waals surface area contributed by atoms with E-state index in [1.807, 2.05) is 30.5 Å². The molecule has 3 N–H and O–H groups in total. The molecule has 7 heteroatoms. The highest BCUT2D eigenvalue weighted by molar-refractivity contribution is 7.13. The monoisotopic (exact) mass is 397 g/mol. The zero-order valence-electron chi connectivity index (χ0n) is 16.1. The van der Waals surface area contributed by atoms with Crippen molar-refractivity contribution >= 4 is 28.8 Å². The maximum Gasteiger partial charge on any atom is 0.307 e. The van der Waals surface area contributed by atoms with Crippen LogP contribution in [-0.2, 0) is 17.6 Å². The Morgan fingerprint density at radius 2 is 1.96 bits per heavy atom. The lowest BCUT2D eigenvalue weighted by Gasteiger charge is -2.14. The molecule has 0 aliphatic rings. The van der Waals surface area contributed by atoms with E-state index in [0.717, 1.165) is 45.2 Å². The Kier molecular flexibility index (Phi) is 6.06. The van der Waals surface area contributed by atoms with E-state index in [1.54, 1.807) is 19.1 Å². The number of rotatable bonds is 7. The van der Waals surface area contributed by atoms with Crippen LogP contribution >= 0.6 is 11.3 Å². The van der Waals surface area contributed by atoms with Gasteiger partial charge in [0.05, 0.1) is 17.4 Å². The predicted molar refractivity (Wildman–Crippen MR) is 111 cm³/mol. The van der Waals surface area contributed by atoms with Crippen molar-refractivity contribution in [3.8, 4) is 10.7 Å². The van der Waals surface area contributed by atoms with Gasteiger partial charge in [-0.3, -0.25) is 4.79 Å². The van der Waals surface area contributed by atoms with E-state index in [4.69, 9.17) is 10.1 Å². The van der Waals surface area contributed by atoms with Gasteiger partial charge in [-0.1, -0.05) is 19.1 Å². The normalized spacial score (nSPS) is 12.0. The lowest BCUT2D eigenvalue weighted by atomic mass is 10.1. The number of anilines is 2. The lowest BCUT2D eigenvalue weighted by molar-refractivity contribution is -0.136. The van der Waals surface area contributed by atoms with Crippen molar-refractivity contribution in [1.29, 1.82) is 0 Å². The van der Waals surface area contributed by atoms with Crippen LogP contribution in [0.25, 0.3) is 10.7 Å². The maximum absolute atomic E-state index is 10.8. The molecule has 0 fully saturated rings. The largest absolute Gasteiger partial charge is 0.481 e.